The number of para-hydroxylation sites is 1. The van der Waals surface area contributed by atoms with Crippen molar-refractivity contribution in [2.24, 2.45) is 5.10 Å². The first-order chi connectivity index (χ1) is 13.6. The Kier molecular flexibility index (Phi) is 4.54. The van der Waals surface area contributed by atoms with E-state index >= 15 is 0 Å². The highest BCUT2D eigenvalue weighted by atomic mass is 32.1. The Morgan fingerprint density at radius 1 is 1.14 bits per heavy atom. The molecule has 0 aliphatic carbocycles. The molecule has 2 heterocycles. The fourth-order valence-electron chi connectivity index (χ4n) is 3.02. The molecule has 4 rings (SSSR count). The molecule has 2 aromatic heterocycles. The second-order valence-electron chi connectivity index (χ2n) is 6.03. The van der Waals surface area contributed by atoms with Crippen LogP contribution in [-0.4, -0.2) is 20.8 Å². The highest BCUT2D eigenvalue weighted by molar-refractivity contribution is 7.19. The van der Waals surface area contributed by atoms with Gasteiger partial charge in [0.2, 0.25) is 0 Å². The molecular formula is C20H14N4O3S. The lowest BCUT2D eigenvalue weighted by Crippen LogP contribution is -2.17. The lowest BCUT2D eigenvalue weighted by molar-refractivity contribution is -0.385. The van der Waals surface area contributed by atoms with Crippen molar-refractivity contribution in [3.05, 3.63) is 91.8 Å². The van der Waals surface area contributed by atoms with Gasteiger partial charge >= 0.3 is 0 Å². The number of nitro groups is 1. The van der Waals surface area contributed by atoms with E-state index in [1.807, 2.05) is 37.3 Å². The molecular weight excluding hydrogens is 376 g/mol. The summed E-state index contributed by atoms with van der Waals surface area (Å²) in [6.07, 6.45) is 2.63. The zero-order chi connectivity index (χ0) is 19.7. The minimum atomic E-state index is -0.485. The van der Waals surface area contributed by atoms with Crippen LogP contribution in [0.2, 0.25) is 0 Å². The third-order valence-electron chi connectivity index (χ3n) is 4.29. The van der Waals surface area contributed by atoms with Crippen LogP contribution in [0.15, 0.2) is 70.8 Å². The third-order valence-corrected chi connectivity index (χ3v) is 5.30. The van der Waals surface area contributed by atoms with Gasteiger partial charge in [-0.1, -0.05) is 42.5 Å². The van der Waals surface area contributed by atoms with Crippen LogP contribution in [0.3, 0.4) is 0 Å². The summed E-state index contributed by atoms with van der Waals surface area (Å²) in [5.41, 5.74) is 1.69. The molecule has 0 spiro atoms. The van der Waals surface area contributed by atoms with Crippen molar-refractivity contribution in [2.75, 3.05) is 0 Å². The largest absolute Gasteiger partial charge is 0.283 e. The molecule has 28 heavy (non-hydrogen) atoms. The van der Waals surface area contributed by atoms with Crippen molar-refractivity contribution in [2.45, 2.75) is 6.92 Å². The van der Waals surface area contributed by atoms with Crippen LogP contribution < -0.4 is 5.56 Å². The lowest BCUT2D eigenvalue weighted by Gasteiger charge is -2.02. The Balaban J connectivity index is 1.86. The number of rotatable bonds is 4. The predicted octanol–water partition coefficient (Wildman–Crippen LogP) is 4.22. The van der Waals surface area contributed by atoms with Crippen LogP contribution in [0.5, 0.6) is 0 Å². The Labute approximate surface area is 163 Å². The smallest absolute Gasteiger partial charge is 0.267 e. The summed E-state index contributed by atoms with van der Waals surface area (Å²) in [5, 5.41) is 15.8. The standard InChI is InChI=1S/C20H14N4O3S/c1-13-17(14-7-3-2-4-8-14)18-19(28-13)21-12-23(20(18)25)22-11-15-9-5-6-10-16(15)24(26)27/h2-12H,1H3/b22-11-. The number of fused-ring (bicyclic) bond motifs is 1. The number of nitrogens with zero attached hydrogens (tertiary/aromatic N) is 4. The Bertz CT molecular complexity index is 1280. The lowest BCUT2D eigenvalue weighted by atomic mass is 10.0. The molecule has 0 N–H and O–H groups in total. The molecule has 0 atom stereocenters. The summed E-state index contributed by atoms with van der Waals surface area (Å²) in [5.74, 6) is 0. The van der Waals surface area contributed by atoms with Crippen LogP contribution in [0.1, 0.15) is 10.4 Å². The maximum Gasteiger partial charge on any atom is 0.283 e. The first-order valence-corrected chi connectivity index (χ1v) is 9.22. The minimum absolute atomic E-state index is 0.0790. The molecule has 138 valence electrons. The van der Waals surface area contributed by atoms with Gasteiger partial charge in [-0.3, -0.25) is 14.9 Å². The average molecular weight is 390 g/mol. The topological polar surface area (TPSA) is 90.4 Å². The number of thiophene rings is 1. The summed E-state index contributed by atoms with van der Waals surface area (Å²) >= 11 is 1.45. The van der Waals surface area contributed by atoms with Gasteiger partial charge in [-0.2, -0.15) is 9.78 Å². The van der Waals surface area contributed by atoms with E-state index in [9.17, 15) is 14.9 Å². The molecule has 0 aliphatic heterocycles. The monoisotopic (exact) mass is 390 g/mol. The second-order valence-corrected chi connectivity index (χ2v) is 7.24. The van der Waals surface area contributed by atoms with Gasteiger partial charge in [0.05, 0.1) is 22.1 Å². The van der Waals surface area contributed by atoms with Crippen LogP contribution in [0, 0.1) is 17.0 Å². The van der Waals surface area contributed by atoms with Gasteiger partial charge in [0.1, 0.15) is 11.2 Å². The molecule has 7 nitrogen and oxygen atoms in total. The van der Waals surface area contributed by atoms with Crippen molar-refractivity contribution in [1.29, 1.82) is 0 Å². The highest BCUT2D eigenvalue weighted by Crippen LogP contribution is 2.35. The zero-order valence-electron chi connectivity index (χ0n) is 14.8. The van der Waals surface area contributed by atoms with Gasteiger partial charge < -0.3 is 0 Å². The fraction of sp³-hybridized carbons (Fsp3) is 0.0500. The van der Waals surface area contributed by atoms with E-state index in [1.54, 1.807) is 18.2 Å². The van der Waals surface area contributed by atoms with Crippen molar-refractivity contribution < 1.29 is 4.92 Å². The number of nitro benzene ring substituents is 1. The maximum atomic E-state index is 13.1. The fourth-order valence-corrected chi connectivity index (χ4v) is 4.02. The number of aryl methyl sites for hydroxylation is 1. The number of hydrogen-bond acceptors (Lipinski definition) is 6. The zero-order valence-corrected chi connectivity index (χ0v) is 15.6. The Morgan fingerprint density at radius 2 is 1.86 bits per heavy atom. The van der Waals surface area contributed by atoms with Crippen molar-refractivity contribution in [1.82, 2.24) is 9.66 Å². The molecule has 0 amide bonds. The van der Waals surface area contributed by atoms with Gasteiger partial charge in [-0.05, 0) is 18.6 Å². The summed E-state index contributed by atoms with van der Waals surface area (Å²) in [6, 6.07) is 15.9. The highest BCUT2D eigenvalue weighted by Gasteiger charge is 2.17. The van der Waals surface area contributed by atoms with Crippen LogP contribution in [0.4, 0.5) is 5.69 Å². The van der Waals surface area contributed by atoms with Crippen LogP contribution in [-0.2, 0) is 0 Å². The Morgan fingerprint density at radius 3 is 2.61 bits per heavy atom. The summed E-state index contributed by atoms with van der Waals surface area (Å²) in [7, 11) is 0. The molecule has 0 fully saturated rings. The van der Waals surface area contributed by atoms with Crippen LogP contribution >= 0.6 is 11.3 Å². The van der Waals surface area contributed by atoms with E-state index in [1.165, 1.54) is 29.9 Å². The predicted molar refractivity (Wildman–Crippen MR) is 110 cm³/mol. The van der Waals surface area contributed by atoms with Crippen molar-refractivity contribution in [3.8, 4) is 11.1 Å². The van der Waals surface area contributed by atoms with E-state index < -0.39 is 4.92 Å². The van der Waals surface area contributed by atoms with Gasteiger partial charge in [0, 0.05) is 16.5 Å². The van der Waals surface area contributed by atoms with E-state index in [2.05, 4.69) is 10.1 Å². The second kappa shape index (κ2) is 7.16. The third kappa shape index (κ3) is 3.10. The number of benzene rings is 2. The molecule has 4 aromatic rings. The summed E-state index contributed by atoms with van der Waals surface area (Å²) in [4.78, 5) is 29.7. The SMILES string of the molecule is Cc1sc2ncn(/N=C\c3ccccc3[N+](=O)[O-])c(=O)c2c1-c1ccccc1. The minimum Gasteiger partial charge on any atom is -0.267 e. The van der Waals surface area contributed by atoms with E-state index in [0.717, 1.165) is 20.7 Å². The normalized spacial score (nSPS) is 11.3. The quantitative estimate of drug-likeness (QED) is 0.296. The molecule has 0 bridgehead atoms. The average Bonchev–Trinajstić information content (AvgIpc) is 3.05. The molecule has 0 saturated carbocycles. The van der Waals surface area contributed by atoms with E-state index in [4.69, 9.17) is 0 Å². The van der Waals surface area contributed by atoms with Crippen LogP contribution in [0.25, 0.3) is 21.3 Å². The molecule has 2 aromatic carbocycles. The number of aromatic nitrogens is 2. The number of hydrogen-bond donors (Lipinski definition) is 0. The molecule has 8 heteroatoms. The molecule has 0 saturated heterocycles. The van der Waals surface area contributed by atoms with Gasteiger partial charge in [0.15, 0.2) is 0 Å². The summed E-state index contributed by atoms with van der Waals surface area (Å²) in [6.45, 7) is 1.95. The van der Waals surface area contributed by atoms with Crippen molar-refractivity contribution >= 4 is 33.5 Å². The maximum absolute atomic E-state index is 13.1. The van der Waals surface area contributed by atoms with E-state index in [-0.39, 0.29) is 11.2 Å². The van der Waals surface area contributed by atoms with E-state index in [0.29, 0.717) is 15.8 Å². The molecule has 0 unspecified atom stereocenters. The summed E-state index contributed by atoms with van der Waals surface area (Å²) < 4.78 is 1.11. The molecule has 0 radical (unpaired) electrons. The Hall–Kier alpha value is -3.65. The van der Waals surface area contributed by atoms with Crippen molar-refractivity contribution in [3.63, 3.8) is 0 Å². The first-order valence-electron chi connectivity index (χ1n) is 8.40. The molecule has 0 aliphatic rings. The van der Waals surface area contributed by atoms with Gasteiger partial charge in [-0.15, -0.1) is 11.3 Å². The van der Waals surface area contributed by atoms with Gasteiger partial charge in [-0.25, -0.2) is 4.98 Å². The first kappa shape index (κ1) is 17.7. The van der Waals surface area contributed by atoms with Gasteiger partial charge in [0.25, 0.3) is 11.2 Å².